The fourth-order valence-corrected chi connectivity index (χ4v) is 2.57. The molecule has 0 saturated carbocycles. The Labute approximate surface area is 118 Å². The number of aromatic hydroxyl groups is 1. The van der Waals surface area contributed by atoms with Crippen LogP contribution in [0.1, 0.15) is 43.6 Å². The highest BCUT2D eigenvalue weighted by Gasteiger charge is 2.37. The molecule has 1 aromatic rings. The summed E-state index contributed by atoms with van der Waals surface area (Å²) in [6.07, 6.45) is 3.60. The summed E-state index contributed by atoms with van der Waals surface area (Å²) in [6, 6.07) is 1.50. The molecule has 4 nitrogen and oxygen atoms in total. The van der Waals surface area contributed by atoms with Gasteiger partial charge in [0.15, 0.2) is 5.78 Å². The van der Waals surface area contributed by atoms with Crippen molar-refractivity contribution in [3.05, 3.63) is 23.3 Å². The molecule has 0 saturated heterocycles. The summed E-state index contributed by atoms with van der Waals surface area (Å²) in [6.45, 7) is 7.53. The van der Waals surface area contributed by atoms with Gasteiger partial charge in [-0.15, -0.1) is 0 Å². The van der Waals surface area contributed by atoms with Crippen LogP contribution in [0.4, 0.5) is 0 Å². The van der Waals surface area contributed by atoms with Gasteiger partial charge < -0.3 is 14.6 Å². The Hall–Kier alpha value is -1.97. The predicted octanol–water partition coefficient (Wildman–Crippen LogP) is 3.18. The number of ether oxygens (including phenoxy) is 2. The molecule has 0 radical (unpaired) electrons. The van der Waals surface area contributed by atoms with Crippen LogP contribution in [0.15, 0.2) is 12.1 Å². The van der Waals surface area contributed by atoms with E-state index in [0.29, 0.717) is 11.5 Å². The van der Waals surface area contributed by atoms with Crippen molar-refractivity contribution >= 4 is 11.9 Å². The lowest BCUT2D eigenvalue weighted by molar-refractivity contribution is 0.0720. The first-order valence-electron chi connectivity index (χ1n) is 6.79. The average molecular weight is 274 g/mol. The summed E-state index contributed by atoms with van der Waals surface area (Å²) in [4.78, 5) is 12.4. The van der Waals surface area contributed by atoms with Gasteiger partial charge in [-0.3, -0.25) is 4.79 Å². The Kier molecular flexibility index (Phi) is 2.61. The quantitative estimate of drug-likeness (QED) is 0.789. The zero-order chi connectivity index (χ0) is 14.7. The monoisotopic (exact) mass is 274 g/mol. The third-order valence-electron chi connectivity index (χ3n) is 3.95. The second kappa shape index (κ2) is 4.01. The third-order valence-corrected chi connectivity index (χ3v) is 3.95. The number of rotatable bonds is 0. The van der Waals surface area contributed by atoms with Gasteiger partial charge in [0.2, 0.25) is 0 Å². The number of phenolic OH excluding ortho intramolecular Hbond substituents is 1. The highest BCUT2D eigenvalue weighted by molar-refractivity contribution is 6.05. The molecular formula is C16H18O4. The fraction of sp³-hybridized carbons (Fsp3) is 0.438. The smallest absolute Gasteiger partial charge is 0.176 e. The first kappa shape index (κ1) is 13.0. The van der Waals surface area contributed by atoms with Crippen molar-refractivity contribution in [2.75, 3.05) is 0 Å². The maximum atomic E-state index is 12.4. The molecule has 2 heterocycles. The minimum atomic E-state index is -0.439. The molecule has 106 valence electrons. The minimum Gasteiger partial charge on any atom is -0.507 e. The van der Waals surface area contributed by atoms with Gasteiger partial charge in [-0.2, -0.15) is 0 Å². The van der Waals surface area contributed by atoms with Gasteiger partial charge in [0.1, 0.15) is 34.5 Å². The summed E-state index contributed by atoms with van der Waals surface area (Å²) in [5, 5.41) is 10.2. The van der Waals surface area contributed by atoms with Gasteiger partial charge >= 0.3 is 0 Å². The highest BCUT2D eigenvalue weighted by atomic mass is 16.5. The number of ketones is 1. The number of phenols is 1. The summed E-state index contributed by atoms with van der Waals surface area (Å²) >= 11 is 0. The fourth-order valence-electron chi connectivity index (χ4n) is 2.57. The second-order valence-electron chi connectivity index (χ2n) is 6.03. The van der Waals surface area contributed by atoms with Crippen LogP contribution in [0.25, 0.3) is 6.08 Å². The maximum absolute atomic E-state index is 12.4. The first-order valence-corrected chi connectivity index (χ1v) is 6.79. The summed E-state index contributed by atoms with van der Waals surface area (Å²) in [7, 11) is 0. The topological polar surface area (TPSA) is 55.8 Å². The Morgan fingerprint density at radius 3 is 2.70 bits per heavy atom. The standard InChI is InChI=1S/C16H18O4/c1-8-9(2)19-15-10-5-6-16(3,4)20-12(10)7-11(17)13(15)14(8)18/h5-9,17H,1-4H3/t8-,9-/m1/s1. The lowest BCUT2D eigenvalue weighted by Crippen LogP contribution is -2.35. The Bertz CT molecular complexity index is 628. The van der Waals surface area contributed by atoms with Crippen molar-refractivity contribution < 1.29 is 19.4 Å². The third kappa shape index (κ3) is 1.79. The molecule has 0 fully saturated rings. The Balaban J connectivity index is 2.22. The van der Waals surface area contributed by atoms with E-state index in [1.165, 1.54) is 6.07 Å². The molecule has 2 aliphatic rings. The van der Waals surface area contributed by atoms with Crippen LogP contribution >= 0.6 is 0 Å². The van der Waals surface area contributed by atoms with E-state index in [2.05, 4.69) is 0 Å². The molecule has 1 N–H and O–H groups in total. The predicted molar refractivity (Wildman–Crippen MR) is 75.4 cm³/mol. The zero-order valence-electron chi connectivity index (χ0n) is 12.1. The van der Waals surface area contributed by atoms with E-state index < -0.39 is 5.60 Å². The SMILES string of the molecule is C[C@H]1Oc2c3c(cc(O)c2C(=O)[C@@H]1C)OC(C)(C)C=C3. The van der Waals surface area contributed by atoms with Gasteiger partial charge in [0, 0.05) is 6.07 Å². The zero-order valence-corrected chi connectivity index (χ0v) is 12.1. The van der Waals surface area contributed by atoms with Gasteiger partial charge in [-0.05, 0) is 32.9 Å². The van der Waals surface area contributed by atoms with E-state index in [9.17, 15) is 9.90 Å². The molecule has 3 rings (SSSR count). The van der Waals surface area contributed by atoms with Crippen LogP contribution in [-0.4, -0.2) is 22.6 Å². The Morgan fingerprint density at radius 1 is 1.30 bits per heavy atom. The second-order valence-corrected chi connectivity index (χ2v) is 6.03. The Morgan fingerprint density at radius 2 is 2.00 bits per heavy atom. The van der Waals surface area contributed by atoms with E-state index in [0.717, 1.165) is 5.56 Å². The van der Waals surface area contributed by atoms with E-state index in [1.807, 2.05) is 39.8 Å². The van der Waals surface area contributed by atoms with Crippen LogP contribution in [0.3, 0.4) is 0 Å². The van der Waals surface area contributed by atoms with E-state index in [4.69, 9.17) is 9.47 Å². The molecule has 0 aliphatic carbocycles. The molecule has 0 unspecified atom stereocenters. The number of carbonyl (C=O) groups is 1. The molecule has 2 atom stereocenters. The molecule has 0 spiro atoms. The molecular weight excluding hydrogens is 256 g/mol. The maximum Gasteiger partial charge on any atom is 0.176 e. The highest BCUT2D eigenvalue weighted by Crippen LogP contribution is 2.46. The van der Waals surface area contributed by atoms with E-state index in [1.54, 1.807) is 0 Å². The van der Waals surface area contributed by atoms with E-state index in [-0.39, 0.29) is 29.1 Å². The average Bonchev–Trinajstić information content (AvgIpc) is 2.34. The van der Waals surface area contributed by atoms with Crippen molar-refractivity contribution in [2.45, 2.75) is 39.4 Å². The molecule has 0 amide bonds. The summed E-state index contributed by atoms with van der Waals surface area (Å²) in [5.74, 6) is 0.549. The van der Waals surface area contributed by atoms with Gasteiger partial charge in [-0.1, -0.05) is 6.92 Å². The summed E-state index contributed by atoms with van der Waals surface area (Å²) in [5.41, 5.74) is 0.553. The van der Waals surface area contributed by atoms with Crippen LogP contribution in [0, 0.1) is 5.92 Å². The minimum absolute atomic E-state index is 0.0754. The van der Waals surface area contributed by atoms with Gasteiger partial charge in [-0.25, -0.2) is 0 Å². The van der Waals surface area contributed by atoms with E-state index >= 15 is 0 Å². The van der Waals surface area contributed by atoms with Crippen LogP contribution < -0.4 is 9.47 Å². The van der Waals surface area contributed by atoms with Gasteiger partial charge in [0.05, 0.1) is 11.5 Å². The number of Topliss-reactive ketones (excluding diaryl/α,β-unsaturated/α-hetero) is 1. The largest absolute Gasteiger partial charge is 0.507 e. The van der Waals surface area contributed by atoms with Crippen molar-refractivity contribution in [3.63, 3.8) is 0 Å². The molecule has 0 bridgehead atoms. The molecule has 1 aromatic carbocycles. The normalized spacial score (nSPS) is 26.3. The number of fused-ring (bicyclic) bond motifs is 3. The van der Waals surface area contributed by atoms with Gasteiger partial charge in [0.25, 0.3) is 0 Å². The molecule has 0 aromatic heterocycles. The number of hydrogen-bond donors (Lipinski definition) is 1. The number of hydrogen-bond acceptors (Lipinski definition) is 4. The van der Waals surface area contributed by atoms with Crippen LogP contribution in [0.2, 0.25) is 0 Å². The van der Waals surface area contributed by atoms with Crippen LogP contribution in [-0.2, 0) is 0 Å². The molecule has 20 heavy (non-hydrogen) atoms. The molecule has 4 heteroatoms. The van der Waals surface area contributed by atoms with Crippen molar-refractivity contribution in [1.82, 2.24) is 0 Å². The van der Waals surface area contributed by atoms with Crippen LogP contribution in [0.5, 0.6) is 17.2 Å². The lowest BCUT2D eigenvalue weighted by Gasteiger charge is -2.33. The number of carbonyl (C=O) groups excluding carboxylic acids is 1. The van der Waals surface area contributed by atoms with Crippen molar-refractivity contribution in [1.29, 1.82) is 0 Å². The van der Waals surface area contributed by atoms with Crippen molar-refractivity contribution in [3.8, 4) is 17.2 Å². The summed E-state index contributed by atoms with van der Waals surface area (Å²) < 4.78 is 11.7. The van der Waals surface area contributed by atoms with Crippen molar-refractivity contribution in [2.24, 2.45) is 5.92 Å². The lowest BCUT2D eigenvalue weighted by atomic mass is 9.88. The first-order chi connectivity index (χ1) is 9.30. The molecule has 2 aliphatic heterocycles. The number of benzene rings is 1.